The predicted octanol–water partition coefficient (Wildman–Crippen LogP) is 2.82. The van der Waals surface area contributed by atoms with Crippen LogP contribution in [0.3, 0.4) is 0 Å². The van der Waals surface area contributed by atoms with Crippen molar-refractivity contribution >= 4 is 17.5 Å². The Hall–Kier alpha value is -2.67. The van der Waals surface area contributed by atoms with Crippen LogP contribution in [-0.4, -0.2) is 11.8 Å². The van der Waals surface area contributed by atoms with Crippen molar-refractivity contribution < 1.29 is 9.59 Å². The molecule has 0 aromatic heterocycles. The molecule has 4 heteroatoms. The second-order valence-electron chi connectivity index (χ2n) is 6.61. The maximum absolute atomic E-state index is 12.9. The minimum absolute atomic E-state index is 0.0647. The van der Waals surface area contributed by atoms with Crippen molar-refractivity contribution in [2.24, 2.45) is 23.7 Å². The average Bonchev–Trinajstić information content (AvgIpc) is 3.18. The lowest BCUT2D eigenvalue weighted by atomic mass is 9.85. The van der Waals surface area contributed by atoms with Crippen molar-refractivity contribution in [3.05, 3.63) is 53.1 Å². The van der Waals surface area contributed by atoms with E-state index in [-0.39, 0.29) is 35.5 Å². The number of hydrogen-bond donors (Lipinski definition) is 0. The summed E-state index contributed by atoms with van der Waals surface area (Å²) in [5, 5.41) is 8.88. The Kier molecular flexibility index (Phi) is 2.83. The molecule has 1 heterocycles. The van der Waals surface area contributed by atoms with Crippen LogP contribution in [0.1, 0.15) is 19.4 Å². The third-order valence-corrected chi connectivity index (χ3v) is 5.25. The van der Waals surface area contributed by atoms with Crippen molar-refractivity contribution in [2.75, 3.05) is 4.90 Å². The van der Waals surface area contributed by atoms with Gasteiger partial charge in [-0.25, -0.2) is 4.90 Å². The lowest BCUT2D eigenvalue weighted by Crippen LogP contribution is -2.33. The summed E-state index contributed by atoms with van der Waals surface area (Å²) in [5.74, 6) is -0.624. The summed E-state index contributed by atoms with van der Waals surface area (Å²) in [6.07, 6.45) is 4.17. The van der Waals surface area contributed by atoms with Gasteiger partial charge in [-0.2, -0.15) is 5.26 Å². The van der Waals surface area contributed by atoms with E-state index in [2.05, 4.69) is 26.0 Å². The highest BCUT2D eigenvalue weighted by molar-refractivity contribution is 6.23. The molecule has 2 aliphatic carbocycles. The molecule has 1 aromatic carbocycles. The van der Waals surface area contributed by atoms with Crippen LogP contribution >= 0.6 is 0 Å². The lowest BCUT2D eigenvalue weighted by molar-refractivity contribution is -0.122. The van der Waals surface area contributed by atoms with Gasteiger partial charge < -0.3 is 0 Å². The minimum Gasteiger partial charge on any atom is -0.274 e. The number of hydrogen-bond acceptors (Lipinski definition) is 3. The van der Waals surface area contributed by atoms with E-state index in [1.54, 1.807) is 24.3 Å². The largest absolute Gasteiger partial charge is 0.274 e. The SMILES string of the molecule is CC(C)=C1C2C=CC1[C@@H]1C(=O)N(c3ccc(C#N)cc3)C(=O)[C@H]21. The fourth-order valence-corrected chi connectivity index (χ4v) is 4.37. The molecule has 2 amide bonds. The zero-order valence-corrected chi connectivity index (χ0v) is 13.0. The van der Waals surface area contributed by atoms with Gasteiger partial charge in [0.25, 0.3) is 0 Å². The van der Waals surface area contributed by atoms with E-state index in [0.717, 1.165) is 0 Å². The van der Waals surface area contributed by atoms with E-state index < -0.39 is 0 Å². The van der Waals surface area contributed by atoms with E-state index in [1.165, 1.54) is 16.0 Å². The molecule has 4 atom stereocenters. The average molecular weight is 304 g/mol. The van der Waals surface area contributed by atoms with Gasteiger partial charge in [-0.1, -0.05) is 23.3 Å². The summed E-state index contributed by atoms with van der Waals surface area (Å²) in [5.41, 5.74) is 3.54. The molecule has 0 N–H and O–H groups in total. The second-order valence-corrected chi connectivity index (χ2v) is 6.61. The fraction of sp³-hybridized carbons (Fsp3) is 0.316. The third kappa shape index (κ3) is 1.71. The highest BCUT2D eigenvalue weighted by Crippen LogP contribution is 2.57. The molecule has 1 aromatic rings. The molecule has 3 aliphatic rings. The Labute approximate surface area is 134 Å². The summed E-state index contributed by atoms with van der Waals surface area (Å²) in [7, 11) is 0. The van der Waals surface area contributed by atoms with E-state index in [9.17, 15) is 9.59 Å². The highest BCUT2D eigenvalue weighted by Gasteiger charge is 2.61. The molecule has 1 saturated carbocycles. The number of fused-ring (bicyclic) bond motifs is 5. The minimum atomic E-state index is -0.266. The quantitative estimate of drug-likeness (QED) is 0.592. The van der Waals surface area contributed by atoms with Crippen molar-refractivity contribution in [3.8, 4) is 6.07 Å². The van der Waals surface area contributed by atoms with Gasteiger partial charge in [0.2, 0.25) is 11.8 Å². The number of rotatable bonds is 1. The number of nitriles is 1. The number of carbonyl (C=O) groups excluding carboxylic acids is 2. The van der Waals surface area contributed by atoms with Crippen LogP contribution in [0.15, 0.2) is 47.6 Å². The number of anilines is 1. The normalized spacial score (nSPS) is 30.8. The number of imide groups is 1. The lowest BCUT2D eigenvalue weighted by Gasteiger charge is -2.19. The summed E-state index contributed by atoms with van der Waals surface area (Å²) in [6.45, 7) is 4.10. The van der Waals surface area contributed by atoms with Crippen molar-refractivity contribution in [2.45, 2.75) is 13.8 Å². The Morgan fingerprint density at radius 3 is 1.96 bits per heavy atom. The first-order chi connectivity index (χ1) is 11.0. The molecule has 4 nitrogen and oxygen atoms in total. The van der Waals surface area contributed by atoms with Gasteiger partial charge in [0, 0.05) is 11.8 Å². The van der Waals surface area contributed by atoms with Crippen LogP contribution in [0.2, 0.25) is 0 Å². The van der Waals surface area contributed by atoms with Gasteiger partial charge in [-0.15, -0.1) is 0 Å². The number of nitrogens with zero attached hydrogens (tertiary/aromatic N) is 2. The van der Waals surface area contributed by atoms with Gasteiger partial charge >= 0.3 is 0 Å². The van der Waals surface area contributed by atoms with E-state index >= 15 is 0 Å². The maximum Gasteiger partial charge on any atom is 0.238 e. The Bertz CT molecular complexity index is 788. The highest BCUT2D eigenvalue weighted by atomic mass is 16.2. The standard InChI is InChI=1S/C19H16N2O2/c1-10(2)15-13-7-8-14(15)17-16(13)18(22)21(19(17)23)12-5-3-11(9-20)4-6-12/h3-8,13-14,16-17H,1-2H3/t13?,14?,16-,17+. The van der Waals surface area contributed by atoms with Gasteiger partial charge in [-0.3, -0.25) is 9.59 Å². The molecule has 1 aliphatic heterocycles. The first-order valence-electron chi connectivity index (χ1n) is 7.78. The van der Waals surface area contributed by atoms with Crippen LogP contribution in [-0.2, 0) is 9.59 Å². The summed E-state index contributed by atoms with van der Waals surface area (Å²) < 4.78 is 0. The van der Waals surface area contributed by atoms with Gasteiger partial charge in [0.15, 0.2) is 0 Å². The van der Waals surface area contributed by atoms with Gasteiger partial charge in [0.05, 0.1) is 29.2 Å². The molecular formula is C19H16N2O2. The van der Waals surface area contributed by atoms with Gasteiger partial charge in [0.1, 0.15) is 0 Å². The number of carbonyl (C=O) groups is 2. The van der Waals surface area contributed by atoms with E-state index in [0.29, 0.717) is 11.3 Å². The number of benzene rings is 1. The van der Waals surface area contributed by atoms with E-state index in [1.807, 2.05) is 6.07 Å². The van der Waals surface area contributed by atoms with Crippen LogP contribution in [0, 0.1) is 35.0 Å². The summed E-state index contributed by atoms with van der Waals surface area (Å²) in [4.78, 5) is 27.1. The molecule has 0 spiro atoms. The van der Waals surface area contributed by atoms with E-state index in [4.69, 9.17) is 5.26 Å². The monoisotopic (exact) mass is 304 g/mol. The van der Waals surface area contributed by atoms with Crippen LogP contribution in [0.5, 0.6) is 0 Å². The molecule has 0 radical (unpaired) electrons. The molecule has 2 fully saturated rings. The predicted molar refractivity (Wildman–Crippen MR) is 85.1 cm³/mol. The molecule has 2 unspecified atom stereocenters. The van der Waals surface area contributed by atoms with Crippen LogP contribution in [0.4, 0.5) is 5.69 Å². The maximum atomic E-state index is 12.9. The van der Waals surface area contributed by atoms with Crippen LogP contribution < -0.4 is 4.90 Å². The van der Waals surface area contributed by atoms with Crippen molar-refractivity contribution in [1.82, 2.24) is 0 Å². The second kappa shape index (κ2) is 4.66. The first-order valence-corrected chi connectivity index (χ1v) is 7.78. The van der Waals surface area contributed by atoms with Gasteiger partial charge in [-0.05, 0) is 38.1 Å². The topological polar surface area (TPSA) is 61.2 Å². The van der Waals surface area contributed by atoms with Crippen LogP contribution in [0.25, 0.3) is 0 Å². The Morgan fingerprint density at radius 1 is 1.00 bits per heavy atom. The van der Waals surface area contributed by atoms with Crippen molar-refractivity contribution in [3.63, 3.8) is 0 Å². The van der Waals surface area contributed by atoms with Crippen molar-refractivity contribution in [1.29, 1.82) is 5.26 Å². The first kappa shape index (κ1) is 14.0. The smallest absolute Gasteiger partial charge is 0.238 e. The number of amides is 2. The molecule has 114 valence electrons. The molecule has 2 bridgehead atoms. The summed E-state index contributed by atoms with van der Waals surface area (Å²) in [6, 6.07) is 8.67. The number of allylic oxidation sites excluding steroid dienone is 4. The molecular weight excluding hydrogens is 288 g/mol. The molecule has 1 saturated heterocycles. The fourth-order valence-electron chi connectivity index (χ4n) is 4.37. The molecule has 4 rings (SSSR count). The zero-order valence-electron chi connectivity index (χ0n) is 13.0. The Morgan fingerprint density at radius 2 is 1.52 bits per heavy atom. The third-order valence-electron chi connectivity index (χ3n) is 5.25. The summed E-state index contributed by atoms with van der Waals surface area (Å²) >= 11 is 0. The Balaban J connectivity index is 1.74. The molecule has 23 heavy (non-hydrogen) atoms. The zero-order chi connectivity index (χ0) is 16.3.